The van der Waals surface area contributed by atoms with E-state index in [1.807, 2.05) is 23.1 Å². The number of benzene rings is 2. The third kappa shape index (κ3) is 5.92. The molecular weight excluding hydrogens is 409 g/mol. The second-order valence-corrected chi connectivity index (χ2v) is 7.08. The highest BCUT2D eigenvalue weighted by Crippen LogP contribution is 2.19. The molecule has 0 aliphatic carbocycles. The van der Waals surface area contributed by atoms with Crippen molar-refractivity contribution in [2.24, 2.45) is 0 Å². The van der Waals surface area contributed by atoms with E-state index in [1.54, 1.807) is 31.5 Å². The Hall–Kier alpha value is -3.16. The van der Waals surface area contributed by atoms with Gasteiger partial charge in [0.15, 0.2) is 0 Å². The van der Waals surface area contributed by atoms with E-state index < -0.39 is 5.82 Å². The minimum Gasteiger partial charge on any atom is -0.468 e. The van der Waals surface area contributed by atoms with Crippen LogP contribution in [-0.2, 0) is 17.9 Å². The quantitative estimate of drug-likeness (QED) is 0.566. The predicted molar refractivity (Wildman–Crippen MR) is 113 cm³/mol. The van der Waals surface area contributed by atoms with Gasteiger partial charge in [-0.3, -0.25) is 14.5 Å². The Bertz CT molecular complexity index is 1010. The molecule has 2 amide bonds. The van der Waals surface area contributed by atoms with E-state index in [2.05, 4.69) is 10.6 Å². The van der Waals surface area contributed by atoms with Crippen LogP contribution in [0.1, 0.15) is 21.7 Å². The summed E-state index contributed by atoms with van der Waals surface area (Å²) < 4.78 is 18.7. The second-order valence-electron chi connectivity index (χ2n) is 6.68. The molecule has 0 bridgehead atoms. The number of carbonyl (C=O) groups is 2. The molecule has 0 saturated carbocycles. The summed E-state index contributed by atoms with van der Waals surface area (Å²) in [6.07, 6.45) is 1.58. The molecular formula is C22H21ClFN3O3. The van der Waals surface area contributed by atoms with Gasteiger partial charge < -0.3 is 15.1 Å². The van der Waals surface area contributed by atoms with Crippen LogP contribution in [0.15, 0.2) is 65.3 Å². The van der Waals surface area contributed by atoms with Gasteiger partial charge in [0, 0.05) is 24.8 Å². The number of nitrogens with zero attached hydrogens (tertiary/aromatic N) is 1. The van der Waals surface area contributed by atoms with Crippen molar-refractivity contribution < 1.29 is 18.4 Å². The first-order chi connectivity index (χ1) is 14.4. The fraction of sp³-hybridized carbons (Fsp3) is 0.182. The smallest absolute Gasteiger partial charge is 0.251 e. The molecule has 3 aromatic rings. The zero-order valence-corrected chi connectivity index (χ0v) is 17.1. The maximum Gasteiger partial charge on any atom is 0.251 e. The Morgan fingerprint density at radius 2 is 1.87 bits per heavy atom. The zero-order chi connectivity index (χ0) is 21.5. The highest BCUT2D eigenvalue weighted by Gasteiger charge is 2.15. The van der Waals surface area contributed by atoms with E-state index in [1.165, 1.54) is 18.2 Å². The third-order valence-electron chi connectivity index (χ3n) is 4.38. The minimum absolute atomic E-state index is 0.0588. The molecule has 2 N–H and O–H groups in total. The van der Waals surface area contributed by atoms with Crippen molar-refractivity contribution in [3.8, 4) is 0 Å². The molecule has 1 aromatic heterocycles. The van der Waals surface area contributed by atoms with E-state index in [0.717, 1.165) is 11.3 Å². The van der Waals surface area contributed by atoms with Gasteiger partial charge in [0.1, 0.15) is 11.6 Å². The summed E-state index contributed by atoms with van der Waals surface area (Å²) in [6.45, 7) is 0.959. The Labute approximate surface area is 178 Å². The zero-order valence-electron chi connectivity index (χ0n) is 16.3. The first-order valence-electron chi connectivity index (χ1n) is 9.25. The largest absolute Gasteiger partial charge is 0.468 e. The number of hydrogen-bond acceptors (Lipinski definition) is 4. The van der Waals surface area contributed by atoms with E-state index in [9.17, 15) is 14.0 Å². The number of furan rings is 1. The molecule has 0 unspecified atom stereocenters. The molecule has 0 aliphatic rings. The predicted octanol–water partition coefficient (Wildman–Crippen LogP) is 4.07. The maximum absolute atomic E-state index is 13.3. The Morgan fingerprint density at radius 1 is 1.10 bits per heavy atom. The number of carbonyl (C=O) groups excluding carboxylic acids is 2. The highest BCUT2D eigenvalue weighted by molar-refractivity contribution is 6.31. The van der Waals surface area contributed by atoms with Crippen LogP contribution in [0.25, 0.3) is 0 Å². The van der Waals surface area contributed by atoms with Gasteiger partial charge >= 0.3 is 0 Å². The van der Waals surface area contributed by atoms with Gasteiger partial charge in [0.25, 0.3) is 5.91 Å². The van der Waals surface area contributed by atoms with Crippen molar-refractivity contribution in [3.63, 3.8) is 0 Å². The number of hydrogen-bond donors (Lipinski definition) is 2. The summed E-state index contributed by atoms with van der Waals surface area (Å²) in [5.41, 5.74) is 1.91. The van der Waals surface area contributed by atoms with E-state index in [0.29, 0.717) is 24.3 Å². The fourth-order valence-corrected chi connectivity index (χ4v) is 3.11. The fourth-order valence-electron chi connectivity index (χ4n) is 2.93. The van der Waals surface area contributed by atoms with Crippen LogP contribution in [0.4, 0.5) is 10.1 Å². The van der Waals surface area contributed by atoms with Gasteiger partial charge in [0.2, 0.25) is 5.91 Å². The molecule has 0 saturated heterocycles. The first-order valence-corrected chi connectivity index (χ1v) is 9.63. The number of nitrogens with one attached hydrogen (secondary N) is 2. The lowest BCUT2D eigenvalue weighted by atomic mass is 10.1. The lowest BCUT2D eigenvalue weighted by Gasteiger charge is -2.21. The van der Waals surface area contributed by atoms with Crippen LogP contribution < -0.4 is 10.6 Å². The van der Waals surface area contributed by atoms with Crippen molar-refractivity contribution in [1.29, 1.82) is 0 Å². The minimum atomic E-state index is -0.547. The molecule has 156 valence electrons. The molecule has 6 nitrogen and oxygen atoms in total. The molecule has 0 spiro atoms. The lowest BCUT2D eigenvalue weighted by Crippen LogP contribution is -2.32. The summed E-state index contributed by atoms with van der Waals surface area (Å²) in [5.74, 6) is -0.263. The molecule has 0 aliphatic heterocycles. The molecule has 8 heteroatoms. The third-order valence-corrected chi connectivity index (χ3v) is 4.67. The molecule has 30 heavy (non-hydrogen) atoms. The maximum atomic E-state index is 13.3. The number of amides is 2. The van der Waals surface area contributed by atoms with Crippen LogP contribution in [-0.4, -0.2) is 30.3 Å². The molecule has 3 rings (SSSR count). The average molecular weight is 430 g/mol. The van der Waals surface area contributed by atoms with Crippen molar-refractivity contribution in [1.82, 2.24) is 10.2 Å². The van der Waals surface area contributed by atoms with E-state index >= 15 is 0 Å². The summed E-state index contributed by atoms with van der Waals surface area (Å²) in [6, 6.07) is 14.8. The van der Waals surface area contributed by atoms with E-state index in [4.69, 9.17) is 16.0 Å². The van der Waals surface area contributed by atoms with Crippen molar-refractivity contribution in [2.75, 3.05) is 18.9 Å². The normalized spacial score (nSPS) is 10.8. The Balaban J connectivity index is 1.69. The highest BCUT2D eigenvalue weighted by atomic mass is 35.5. The molecule has 0 fully saturated rings. The van der Waals surface area contributed by atoms with Crippen LogP contribution >= 0.6 is 11.6 Å². The molecule has 0 atom stereocenters. The summed E-state index contributed by atoms with van der Waals surface area (Å²) in [7, 11) is 1.58. The monoisotopic (exact) mass is 429 g/mol. The first kappa shape index (κ1) is 21.5. The van der Waals surface area contributed by atoms with Crippen LogP contribution in [0.5, 0.6) is 0 Å². The van der Waals surface area contributed by atoms with Crippen molar-refractivity contribution in [3.05, 3.63) is 88.6 Å². The van der Waals surface area contributed by atoms with Crippen molar-refractivity contribution >= 4 is 29.1 Å². The van der Waals surface area contributed by atoms with Gasteiger partial charge in [-0.15, -0.1) is 0 Å². The summed E-state index contributed by atoms with van der Waals surface area (Å²) in [4.78, 5) is 26.1. The van der Waals surface area contributed by atoms with Gasteiger partial charge in [-0.1, -0.05) is 23.7 Å². The van der Waals surface area contributed by atoms with Crippen LogP contribution in [0.3, 0.4) is 0 Å². The van der Waals surface area contributed by atoms with Gasteiger partial charge in [-0.2, -0.15) is 0 Å². The van der Waals surface area contributed by atoms with Crippen LogP contribution in [0, 0.1) is 5.82 Å². The number of rotatable bonds is 8. The Morgan fingerprint density at radius 3 is 2.50 bits per heavy atom. The number of anilines is 1. The Kier molecular flexibility index (Phi) is 7.21. The van der Waals surface area contributed by atoms with Crippen LogP contribution in [0.2, 0.25) is 5.02 Å². The SMILES string of the molecule is CNC(=O)c1ccc(CN(CC(=O)Nc2ccc(F)c(Cl)c2)Cc2ccco2)cc1. The van der Waals surface area contributed by atoms with Gasteiger partial charge in [-0.25, -0.2) is 4.39 Å². The summed E-state index contributed by atoms with van der Waals surface area (Å²) in [5, 5.41) is 5.24. The second kappa shape index (κ2) is 10.0. The molecule has 2 aromatic carbocycles. The molecule has 0 radical (unpaired) electrons. The van der Waals surface area contributed by atoms with Gasteiger partial charge in [-0.05, 0) is 48.0 Å². The van der Waals surface area contributed by atoms with E-state index in [-0.39, 0.29) is 23.4 Å². The lowest BCUT2D eigenvalue weighted by molar-refractivity contribution is -0.117. The number of halogens is 2. The summed E-state index contributed by atoms with van der Waals surface area (Å²) >= 11 is 5.77. The average Bonchev–Trinajstić information content (AvgIpc) is 3.23. The van der Waals surface area contributed by atoms with Gasteiger partial charge in [0.05, 0.1) is 24.4 Å². The van der Waals surface area contributed by atoms with Crippen molar-refractivity contribution in [2.45, 2.75) is 13.1 Å². The standard InChI is InChI=1S/C22H21ClFN3O3/c1-25-22(29)16-6-4-15(5-7-16)12-27(13-18-3-2-10-30-18)14-21(28)26-17-8-9-20(24)19(23)11-17/h2-11H,12-14H2,1H3,(H,25,29)(H,26,28). The topological polar surface area (TPSA) is 74.6 Å². The molecule has 1 heterocycles.